The lowest BCUT2D eigenvalue weighted by atomic mass is 9.97. The molecule has 3 N–H and O–H groups in total. The molecule has 0 heterocycles. The molecule has 0 fully saturated rings. The zero-order valence-corrected chi connectivity index (χ0v) is 10.1. The molecule has 0 saturated carbocycles. The van der Waals surface area contributed by atoms with Crippen molar-refractivity contribution in [1.29, 1.82) is 0 Å². The van der Waals surface area contributed by atoms with Crippen LogP contribution >= 0.6 is 0 Å². The minimum Gasteiger partial charge on any atom is -0.398 e. The third-order valence-corrected chi connectivity index (χ3v) is 2.94. The minimum absolute atomic E-state index is 0.0641. The maximum Gasteiger partial charge on any atom is 0.135 e. The molecule has 100 valence electrons. The van der Waals surface area contributed by atoms with Gasteiger partial charge >= 0.3 is 0 Å². The Balaban J connectivity index is 2.59. The molecule has 0 aliphatic carbocycles. The number of aliphatic hydroxyl groups excluding tert-OH is 1. The van der Waals surface area contributed by atoms with Crippen LogP contribution < -0.4 is 5.73 Å². The molecule has 0 radical (unpaired) electrons. The van der Waals surface area contributed by atoms with Crippen LogP contribution in [-0.2, 0) is 0 Å². The average Bonchev–Trinajstić information content (AvgIpc) is 2.37. The SMILES string of the molecule is Cc1ccc(F)c(C(O)c2cc(F)ccc2N)c1F. The molecule has 1 unspecified atom stereocenters. The summed E-state index contributed by atoms with van der Waals surface area (Å²) in [5, 5.41) is 10.1. The zero-order chi connectivity index (χ0) is 14.2. The van der Waals surface area contributed by atoms with Crippen LogP contribution in [0.2, 0.25) is 0 Å². The molecule has 2 rings (SSSR count). The molecule has 0 spiro atoms. The Labute approximate surface area is 108 Å². The normalized spacial score (nSPS) is 12.5. The van der Waals surface area contributed by atoms with Gasteiger partial charge in [-0.1, -0.05) is 6.07 Å². The lowest BCUT2D eigenvalue weighted by molar-refractivity contribution is 0.209. The second-order valence-electron chi connectivity index (χ2n) is 4.27. The van der Waals surface area contributed by atoms with Gasteiger partial charge in [-0.25, -0.2) is 13.2 Å². The first kappa shape index (κ1) is 13.4. The highest BCUT2D eigenvalue weighted by molar-refractivity contribution is 5.51. The fourth-order valence-electron chi connectivity index (χ4n) is 1.87. The van der Waals surface area contributed by atoms with Gasteiger partial charge in [-0.05, 0) is 36.8 Å². The van der Waals surface area contributed by atoms with Crippen LogP contribution in [0.5, 0.6) is 0 Å². The topological polar surface area (TPSA) is 46.2 Å². The first-order valence-electron chi connectivity index (χ1n) is 5.59. The molecular weight excluding hydrogens is 255 g/mol. The Kier molecular flexibility index (Phi) is 3.48. The van der Waals surface area contributed by atoms with Crippen molar-refractivity contribution in [3.8, 4) is 0 Å². The van der Waals surface area contributed by atoms with Gasteiger partial charge in [-0.15, -0.1) is 0 Å². The Hall–Kier alpha value is -2.01. The van der Waals surface area contributed by atoms with Gasteiger partial charge in [0.15, 0.2) is 0 Å². The number of benzene rings is 2. The Bertz CT molecular complexity index is 628. The Morgan fingerprint density at radius 1 is 1.11 bits per heavy atom. The van der Waals surface area contributed by atoms with Crippen molar-refractivity contribution >= 4 is 5.69 Å². The molecule has 5 heteroatoms. The van der Waals surface area contributed by atoms with Crippen LogP contribution in [0, 0.1) is 24.4 Å². The Morgan fingerprint density at radius 3 is 2.47 bits per heavy atom. The first-order valence-corrected chi connectivity index (χ1v) is 5.59. The van der Waals surface area contributed by atoms with Gasteiger partial charge in [0.25, 0.3) is 0 Å². The monoisotopic (exact) mass is 267 g/mol. The van der Waals surface area contributed by atoms with E-state index in [1.54, 1.807) is 0 Å². The first-order chi connectivity index (χ1) is 8.91. The summed E-state index contributed by atoms with van der Waals surface area (Å²) in [6.07, 6.45) is -1.66. The van der Waals surface area contributed by atoms with E-state index in [1.165, 1.54) is 19.1 Å². The quantitative estimate of drug-likeness (QED) is 0.821. The highest BCUT2D eigenvalue weighted by Gasteiger charge is 2.23. The van der Waals surface area contributed by atoms with E-state index >= 15 is 0 Å². The standard InChI is InChI=1S/C14H12F3NO/c1-7-2-4-10(16)12(13(7)17)14(19)9-6-8(15)3-5-11(9)18/h2-6,14,19H,18H2,1H3. The molecule has 0 aromatic heterocycles. The van der Waals surface area contributed by atoms with E-state index in [0.29, 0.717) is 0 Å². The number of aliphatic hydroxyl groups is 1. The molecule has 2 aromatic carbocycles. The molecule has 0 amide bonds. The summed E-state index contributed by atoms with van der Waals surface area (Å²) in [4.78, 5) is 0. The third-order valence-electron chi connectivity index (χ3n) is 2.94. The number of aryl methyl sites for hydroxylation is 1. The number of hydrogen-bond donors (Lipinski definition) is 2. The third kappa shape index (κ3) is 2.42. The average molecular weight is 267 g/mol. The minimum atomic E-state index is -1.66. The lowest BCUT2D eigenvalue weighted by Crippen LogP contribution is -2.09. The molecular formula is C14H12F3NO. The highest BCUT2D eigenvalue weighted by Crippen LogP contribution is 2.31. The van der Waals surface area contributed by atoms with Crippen LogP contribution in [0.3, 0.4) is 0 Å². The van der Waals surface area contributed by atoms with Crippen molar-refractivity contribution in [2.45, 2.75) is 13.0 Å². The fourth-order valence-corrected chi connectivity index (χ4v) is 1.87. The molecule has 2 nitrogen and oxygen atoms in total. The lowest BCUT2D eigenvalue weighted by Gasteiger charge is -2.16. The molecule has 2 aromatic rings. The van der Waals surface area contributed by atoms with Gasteiger partial charge < -0.3 is 10.8 Å². The van der Waals surface area contributed by atoms with Crippen molar-refractivity contribution < 1.29 is 18.3 Å². The number of nitrogen functional groups attached to an aromatic ring is 1. The molecule has 0 aliphatic rings. The molecule has 0 saturated heterocycles. The number of rotatable bonds is 2. The van der Waals surface area contributed by atoms with E-state index in [-0.39, 0.29) is 16.8 Å². The van der Waals surface area contributed by atoms with Gasteiger partial charge in [0.1, 0.15) is 23.6 Å². The van der Waals surface area contributed by atoms with E-state index in [4.69, 9.17) is 5.73 Å². The van der Waals surface area contributed by atoms with E-state index < -0.39 is 29.1 Å². The highest BCUT2D eigenvalue weighted by atomic mass is 19.1. The van der Waals surface area contributed by atoms with Crippen LogP contribution in [0.15, 0.2) is 30.3 Å². The summed E-state index contributed by atoms with van der Waals surface area (Å²) in [5.74, 6) is -2.41. The van der Waals surface area contributed by atoms with E-state index in [2.05, 4.69) is 0 Å². The number of halogens is 3. The van der Waals surface area contributed by atoms with Gasteiger partial charge in [-0.2, -0.15) is 0 Å². The number of nitrogens with two attached hydrogens (primary N) is 1. The van der Waals surface area contributed by atoms with E-state index in [9.17, 15) is 18.3 Å². The summed E-state index contributed by atoms with van der Waals surface area (Å²) in [5.41, 5.74) is 5.25. The Morgan fingerprint density at radius 2 is 1.79 bits per heavy atom. The molecule has 0 bridgehead atoms. The summed E-state index contributed by atoms with van der Waals surface area (Å²) in [6.45, 7) is 1.44. The predicted molar refractivity (Wildman–Crippen MR) is 66.0 cm³/mol. The van der Waals surface area contributed by atoms with Crippen LogP contribution in [0.4, 0.5) is 18.9 Å². The van der Waals surface area contributed by atoms with Crippen molar-refractivity contribution in [2.24, 2.45) is 0 Å². The maximum atomic E-state index is 13.9. The smallest absolute Gasteiger partial charge is 0.135 e. The van der Waals surface area contributed by atoms with Crippen molar-refractivity contribution in [1.82, 2.24) is 0 Å². The summed E-state index contributed by atoms with van der Waals surface area (Å²) in [7, 11) is 0. The van der Waals surface area contributed by atoms with Crippen molar-refractivity contribution in [3.05, 3.63) is 64.5 Å². The maximum absolute atomic E-state index is 13.9. The van der Waals surface area contributed by atoms with Gasteiger partial charge in [0.2, 0.25) is 0 Å². The second-order valence-corrected chi connectivity index (χ2v) is 4.27. The summed E-state index contributed by atoms with van der Waals surface area (Å²) >= 11 is 0. The van der Waals surface area contributed by atoms with E-state index in [0.717, 1.165) is 18.2 Å². The molecule has 1 atom stereocenters. The summed E-state index contributed by atoms with van der Waals surface area (Å²) < 4.78 is 40.7. The zero-order valence-electron chi connectivity index (χ0n) is 10.1. The molecule has 0 aliphatic heterocycles. The van der Waals surface area contributed by atoms with Crippen molar-refractivity contribution in [3.63, 3.8) is 0 Å². The number of anilines is 1. The second kappa shape index (κ2) is 4.93. The fraction of sp³-hybridized carbons (Fsp3) is 0.143. The van der Waals surface area contributed by atoms with Gasteiger partial charge in [0.05, 0.1) is 5.56 Å². The number of hydrogen-bond acceptors (Lipinski definition) is 2. The van der Waals surface area contributed by atoms with Gasteiger partial charge in [0, 0.05) is 11.3 Å². The van der Waals surface area contributed by atoms with Crippen molar-refractivity contribution in [2.75, 3.05) is 5.73 Å². The van der Waals surface area contributed by atoms with Crippen LogP contribution in [0.25, 0.3) is 0 Å². The van der Waals surface area contributed by atoms with Crippen LogP contribution in [0.1, 0.15) is 22.8 Å². The van der Waals surface area contributed by atoms with Crippen LogP contribution in [-0.4, -0.2) is 5.11 Å². The largest absolute Gasteiger partial charge is 0.398 e. The molecule has 19 heavy (non-hydrogen) atoms. The summed E-state index contributed by atoms with van der Waals surface area (Å²) in [6, 6.07) is 5.61. The van der Waals surface area contributed by atoms with E-state index in [1.807, 2.05) is 0 Å². The van der Waals surface area contributed by atoms with Gasteiger partial charge in [-0.3, -0.25) is 0 Å². The predicted octanol–water partition coefficient (Wildman–Crippen LogP) is 3.08.